The topological polar surface area (TPSA) is 58.6 Å². The third-order valence-corrected chi connectivity index (χ3v) is 8.73. The molecule has 4 saturated carbocycles. The summed E-state index contributed by atoms with van der Waals surface area (Å²) in [6.07, 6.45) is 16.8. The van der Waals surface area contributed by atoms with Crippen LogP contribution >= 0.6 is 0 Å². The molecule has 1 amide bonds. The fraction of sp³-hybridized carbons (Fsp3) is 0.424. The maximum atomic E-state index is 12.2. The van der Waals surface area contributed by atoms with Crippen LogP contribution in [0.15, 0.2) is 72.3 Å². The van der Waals surface area contributed by atoms with Crippen molar-refractivity contribution in [2.45, 2.75) is 64.2 Å². The summed E-state index contributed by atoms with van der Waals surface area (Å²) in [6.45, 7) is 4.17. The highest BCUT2D eigenvalue weighted by atomic mass is 16.5. The van der Waals surface area contributed by atoms with Crippen LogP contribution in [0, 0.1) is 17.8 Å². The molecule has 0 unspecified atom stereocenters. The van der Waals surface area contributed by atoms with Crippen molar-refractivity contribution in [2.75, 3.05) is 12.4 Å². The SMILES string of the molecule is COc1ccc(/C(C)=C/C=C/C(C)=C/CC(=O)Nc2ccc(O)cc2)cc1C12CC3CC(CC(C3)C1)C2. The van der Waals surface area contributed by atoms with Crippen LogP contribution in [0.4, 0.5) is 5.69 Å². The van der Waals surface area contributed by atoms with Gasteiger partial charge < -0.3 is 15.2 Å². The average Bonchev–Trinajstić information content (AvgIpc) is 2.87. The summed E-state index contributed by atoms with van der Waals surface area (Å²) in [5, 5.41) is 12.2. The molecule has 0 heterocycles. The molecule has 4 aliphatic rings. The lowest BCUT2D eigenvalue weighted by Crippen LogP contribution is -2.48. The predicted octanol–water partition coefficient (Wildman–Crippen LogP) is 7.80. The van der Waals surface area contributed by atoms with E-state index in [1.807, 2.05) is 26.2 Å². The number of hydrogen-bond donors (Lipinski definition) is 2. The van der Waals surface area contributed by atoms with E-state index in [0.29, 0.717) is 17.5 Å². The normalized spacial score (nSPS) is 27.1. The Hall–Kier alpha value is -3.27. The molecule has 4 aliphatic carbocycles. The van der Waals surface area contributed by atoms with Crippen LogP contribution in [0.25, 0.3) is 5.57 Å². The number of amides is 1. The molecule has 2 aromatic carbocycles. The Labute approximate surface area is 221 Å². The third kappa shape index (κ3) is 5.69. The summed E-state index contributed by atoms with van der Waals surface area (Å²) in [5.74, 6) is 3.85. The van der Waals surface area contributed by atoms with Crippen molar-refractivity contribution in [1.82, 2.24) is 0 Å². The molecule has 0 saturated heterocycles. The Morgan fingerprint density at radius 1 is 1.03 bits per heavy atom. The monoisotopic (exact) mass is 497 g/mol. The van der Waals surface area contributed by atoms with Gasteiger partial charge in [-0.3, -0.25) is 4.79 Å². The molecule has 194 valence electrons. The standard InChI is InChI=1S/C33H39NO3/c1-22(7-14-32(36)34-28-9-11-29(35)12-10-28)5-4-6-23(2)27-8-13-31(37-3)30(18-27)33-19-24-15-25(20-33)17-26(16-24)21-33/h4-13,18,24-26,35H,14-17,19-21H2,1-3H3,(H,34,36)/b5-4+,22-7+,23-6+. The van der Waals surface area contributed by atoms with Gasteiger partial charge in [0.05, 0.1) is 7.11 Å². The fourth-order valence-corrected chi connectivity index (χ4v) is 7.33. The van der Waals surface area contributed by atoms with Gasteiger partial charge >= 0.3 is 0 Å². The molecule has 0 radical (unpaired) electrons. The van der Waals surface area contributed by atoms with Crippen molar-refractivity contribution < 1.29 is 14.6 Å². The van der Waals surface area contributed by atoms with Gasteiger partial charge in [0.2, 0.25) is 5.91 Å². The van der Waals surface area contributed by atoms with E-state index >= 15 is 0 Å². The molecule has 2 aromatic rings. The first kappa shape index (κ1) is 25.4. The number of benzene rings is 2. The molecule has 37 heavy (non-hydrogen) atoms. The lowest BCUT2D eigenvalue weighted by Gasteiger charge is -2.57. The highest BCUT2D eigenvalue weighted by Gasteiger charge is 2.52. The number of phenols is 1. The summed E-state index contributed by atoms with van der Waals surface area (Å²) < 4.78 is 5.89. The largest absolute Gasteiger partial charge is 0.508 e. The zero-order chi connectivity index (χ0) is 26.0. The van der Waals surface area contributed by atoms with Crippen LogP contribution in [0.1, 0.15) is 69.9 Å². The van der Waals surface area contributed by atoms with Crippen molar-refractivity contribution in [3.63, 3.8) is 0 Å². The summed E-state index contributed by atoms with van der Waals surface area (Å²) in [5.41, 5.74) is 5.92. The lowest BCUT2D eigenvalue weighted by atomic mass is 9.48. The minimum absolute atomic E-state index is 0.0828. The number of anilines is 1. The molecular weight excluding hydrogens is 458 g/mol. The summed E-state index contributed by atoms with van der Waals surface area (Å²) >= 11 is 0. The minimum Gasteiger partial charge on any atom is -0.508 e. The molecule has 0 spiro atoms. The van der Waals surface area contributed by atoms with Crippen molar-refractivity contribution in [1.29, 1.82) is 0 Å². The average molecular weight is 498 g/mol. The van der Waals surface area contributed by atoms with Gasteiger partial charge in [0, 0.05) is 17.7 Å². The number of hydrogen-bond acceptors (Lipinski definition) is 3. The Morgan fingerprint density at radius 2 is 1.68 bits per heavy atom. The molecule has 0 aliphatic heterocycles. The Kier molecular flexibility index (Phi) is 7.28. The van der Waals surface area contributed by atoms with E-state index in [1.54, 1.807) is 24.3 Å². The number of carbonyl (C=O) groups excluding carboxylic acids is 1. The smallest absolute Gasteiger partial charge is 0.228 e. The Bertz CT molecular complexity index is 1200. The van der Waals surface area contributed by atoms with Crippen LogP contribution in [0.2, 0.25) is 0 Å². The lowest BCUT2D eigenvalue weighted by molar-refractivity contribution is -0.115. The van der Waals surface area contributed by atoms with Crippen LogP contribution in [-0.4, -0.2) is 18.1 Å². The zero-order valence-electron chi connectivity index (χ0n) is 22.3. The molecule has 4 heteroatoms. The van der Waals surface area contributed by atoms with Gasteiger partial charge in [0.25, 0.3) is 0 Å². The van der Waals surface area contributed by atoms with E-state index in [-0.39, 0.29) is 11.7 Å². The second-order valence-electron chi connectivity index (χ2n) is 11.6. The highest BCUT2D eigenvalue weighted by molar-refractivity contribution is 5.91. The Morgan fingerprint density at radius 3 is 2.30 bits per heavy atom. The van der Waals surface area contributed by atoms with Gasteiger partial charge in [-0.2, -0.15) is 0 Å². The Balaban J connectivity index is 1.25. The van der Waals surface area contributed by atoms with Crippen molar-refractivity contribution in [3.05, 3.63) is 83.5 Å². The highest BCUT2D eigenvalue weighted by Crippen LogP contribution is 2.62. The van der Waals surface area contributed by atoms with Gasteiger partial charge in [0.1, 0.15) is 11.5 Å². The molecule has 4 fully saturated rings. The maximum absolute atomic E-state index is 12.2. The number of ether oxygens (including phenoxy) is 1. The van der Waals surface area contributed by atoms with E-state index in [2.05, 4.69) is 42.6 Å². The third-order valence-electron chi connectivity index (χ3n) is 8.73. The van der Waals surface area contributed by atoms with Crippen molar-refractivity contribution >= 4 is 17.2 Å². The molecule has 0 aromatic heterocycles. The molecular formula is C33H39NO3. The first-order valence-corrected chi connectivity index (χ1v) is 13.6. The van der Waals surface area contributed by atoms with Gasteiger partial charge in [-0.1, -0.05) is 35.9 Å². The second kappa shape index (κ2) is 10.6. The van der Waals surface area contributed by atoms with Gasteiger partial charge in [-0.05, 0) is 123 Å². The van der Waals surface area contributed by atoms with E-state index in [4.69, 9.17) is 4.74 Å². The first-order chi connectivity index (χ1) is 17.8. The predicted molar refractivity (Wildman–Crippen MR) is 151 cm³/mol. The number of phenolic OH excluding ortho intramolecular Hbond substituents is 1. The molecule has 2 N–H and O–H groups in total. The van der Waals surface area contributed by atoms with Crippen molar-refractivity contribution in [3.8, 4) is 11.5 Å². The number of rotatable bonds is 8. The maximum Gasteiger partial charge on any atom is 0.228 e. The van der Waals surface area contributed by atoms with Gasteiger partial charge in [-0.15, -0.1) is 0 Å². The number of carbonyl (C=O) groups is 1. The van der Waals surface area contributed by atoms with E-state index in [1.165, 1.54) is 55.2 Å². The molecule has 0 atom stereocenters. The van der Waals surface area contributed by atoms with E-state index in [9.17, 15) is 9.90 Å². The second-order valence-corrected chi connectivity index (χ2v) is 11.6. The number of aromatic hydroxyl groups is 1. The molecule has 4 bridgehead atoms. The van der Waals surface area contributed by atoms with Crippen molar-refractivity contribution in [2.24, 2.45) is 17.8 Å². The fourth-order valence-electron chi connectivity index (χ4n) is 7.33. The van der Waals surface area contributed by atoms with Crippen LogP contribution in [-0.2, 0) is 10.2 Å². The number of allylic oxidation sites excluding steroid dienone is 5. The molecule has 4 nitrogen and oxygen atoms in total. The number of nitrogens with one attached hydrogen (secondary N) is 1. The van der Waals surface area contributed by atoms with Gasteiger partial charge in [0.15, 0.2) is 0 Å². The van der Waals surface area contributed by atoms with E-state index in [0.717, 1.165) is 29.1 Å². The summed E-state index contributed by atoms with van der Waals surface area (Å²) in [4.78, 5) is 12.2. The van der Waals surface area contributed by atoms with Gasteiger partial charge in [-0.25, -0.2) is 0 Å². The summed E-state index contributed by atoms with van der Waals surface area (Å²) in [6, 6.07) is 13.2. The van der Waals surface area contributed by atoms with Crippen LogP contribution < -0.4 is 10.1 Å². The minimum atomic E-state index is -0.0828. The quantitative estimate of drug-likeness (QED) is 0.289. The number of methoxy groups -OCH3 is 1. The summed E-state index contributed by atoms with van der Waals surface area (Å²) in [7, 11) is 1.81. The van der Waals surface area contributed by atoms with Crippen LogP contribution in [0.3, 0.4) is 0 Å². The van der Waals surface area contributed by atoms with E-state index < -0.39 is 0 Å². The first-order valence-electron chi connectivity index (χ1n) is 13.6. The zero-order valence-corrected chi connectivity index (χ0v) is 22.3. The molecule has 6 rings (SSSR count). The van der Waals surface area contributed by atoms with Crippen LogP contribution in [0.5, 0.6) is 11.5 Å².